The summed E-state index contributed by atoms with van der Waals surface area (Å²) in [6.45, 7) is 16.8. The van der Waals surface area contributed by atoms with Gasteiger partial charge in [0.1, 0.15) is 24.9 Å². The Kier molecular flexibility index (Phi) is 10.1. The Bertz CT molecular complexity index is 1100. The highest BCUT2D eigenvalue weighted by atomic mass is 28.4. The van der Waals surface area contributed by atoms with Crippen LogP contribution in [0.15, 0.2) is 54.1 Å². The van der Waals surface area contributed by atoms with Crippen molar-refractivity contribution in [3.05, 3.63) is 59.7 Å². The molecular formula is C29H41NO9Si. The van der Waals surface area contributed by atoms with Gasteiger partial charge in [-0.1, -0.05) is 63.8 Å². The van der Waals surface area contributed by atoms with Crippen LogP contribution < -0.4 is 0 Å². The zero-order valence-electron chi connectivity index (χ0n) is 24.3. The molecule has 0 bridgehead atoms. The number of carbonyl (C=O) groups is 3. The third-order valence-electron chi connectivity index (χ3n) is 7.74. The van der Waals surface area contributed by atoms with Crippen molar-refractivity contribution in [1.29, 1.82) is 0 Å². The Balaban J connectivity index is 1.99. The molecule has 10 nitrogen and oxygen atoms in total. The first-order valence-corrected chi connectivity index (χ1v) is 16.2. The van der Waals surface area contributed by atoms with Crippen molar-refractivity contribution in [3.63, 3.8) is 0 Å². The summed E-state index contributed by atoms with van der Waals surface area (Å²) in [5.41, 5.74) is 1.43. The Hall–Kier alpha value is -2.83. The number of nitrogens with zero attached hydrogens (tertiary/aromatic N) is 1. The summed E-state index contributed by atoms with van der Waals surface area (Å²) < 4.78 is 29.4. The van der Waals surface area contributed by atoms with E-state index in [0.717, 1.165) is 10.5 Å². The lowest BCUT2D eigenvalue weighted by Gasteiger charge is -2.49. The van der Waals surface area contributed by atoms with Crippen LogP contribution in [-0.2, 0) is 39.6 Å². The second kappa shape index (κ2) is 12.8. The maximum absolute atomic E-state index is 13.3. The smallest absolute Gasteiger partial charge is 0.430 e. The van der Waals surface area contributed by atoms with Gasteiger partial charge in [-0.3, -0.25) is 14.5 Å². The predicted octanol–water partition coefficient (Wildman–Crippen LogP) is 4.09. The van der Waals surface area contributed by atoms with Crippen LogP contribution in [0.25, 0.3) is 0 Å². The minimum absolute atomic E-state index is 0.0695. The summed E-state index contributed by atoms with van der Waals surface area (Å²) in [5.74, 6) is -1.14. The van der Waals surface area contributed by atoms with E-state index in [9.17, 15) is 19.5 Å². The normalized spacial score (nSPS) is 25.8. The zero-order chi connectivity index (χ0) is 29.8. The van der Waals surface area contributed by atoms with Gasteiger partial charge in [0, 0.05) is 11.1 Å². The summed E-state index contributed by atoms with van der Waals surface area (Å²) >= 11 is 0. The Labute approximate surface area is 237 Å². The lowest BCUT2D eigenvalue weighted by Crippen LogP contribution is -2.68. The number of carbonyl (C=O) groups excluding carboxylic acids is 3. The number of ether oxygens (including phenoxy) is 4. The molecule has 2 aliphatic heterocycles. The average molecular weight is 576 g/mol. The first kappa shape index (κ1) is 31.7. The first-order valence-electron chi connectivity index (χ1n) is 13.3. The number of aliphatic hydroxyl groups is 1. The number of amides is 2. The molecule has 1 saturated heterocycles. The van der Waals surface area contributed by atoms with E-state index < -0.39 is 56.9 Å². The summed E-state index contributed by atoms with van der Waals surface area (Å²) in [4.78, 5) is 40.2. The van der Waals surface area contributed by atoms with Gasteiger partial charge in [-0.15, -0.1) is 0 Å². The molecule has 1 N–H and O–H groups in total. The number of hydrogen-bond donors (Lipinski definition) is 1. The standard InChI is InChI=1S/C29H41NO9Si/c1-9-15-36-28(34)38-24-22(30-25(32)18(2)19(3)26(30)33)27(39-40(7,8)29(4,5)6)37-21(23(24)31)17-35-16-20-13-11-10-12-14-20/h9-14,21-24,27,31H,1,15-17H2,2-8H3/t21-,22-,23-,24-,27+/m1/s1. The average Bonchev–Trinajstić information content (AvgIpc) is 3.07. The third kappa shape index (κ3) is 6.89. The monoisotopic (exact) mass is 575 g/mol. The minimum Gasteiger partial charge on any atom is -0.430 e. The van der Waals surface area contributed by atoms with Crippen LogP contribution in [0, 0.1) is 0 Å². The van der Waals surface area contributed by atoms with E-state index in [1.165, 1.54) is 6.08 Å². The molecule has 5 atom stereocenters. The second-order valence-electron chi connectivity index (χ2n) is 11.6. The van der Waals surface area contributed by atoms with E-state index in [-0.39, 0.29) is 36.0 Å². The van der Waals surface area contributed by atoms with Crippen molar-refractivity contribution in [1.82, 2.24) is 4.90 Å². The molecule has 3 rings (SSSR count). The van der Waals surface area contributed by atoms with Crippen LogP contribution >= 0.6 is 0 Å². The van der Waals surface area contributed by atoms with Crippen molar-refractivity contribution in [2.75, 3.05) is 13.2 Å². The fraction of sp³-hybridized carbons (Fsp3) is 0.552. The number of benzene rings is 1. The van der Waals surface area contributed by atoms with Gasteiger partial charge in [0.15, 0.2) is 20.7 Å². The van der Waals surface area contributed by atoms with Crippen molar-refractivity contribution in [2.45, 2.75) is 90.0 Å². The number of rotatable bonds is 10. The molecule has 0 radical (unpaired) electrons. The maximum Gasteiger partial charge on any atom is 0.509 e. The molecule has 1 fully saturated rings. The van der Waals surface area contributed by atoms with E-state index in [0.29, 0.717) is 0 Å². The molecule has 11 heteroatoms. The molecule has 40 heavy (non-hydrogen) atoms. The summed E-state index contributed by atoms with van der Waals surface area (Å²) in [7, 11) is -2.58. The van der Waals surface area contributed by atoms with Gasteiger partial charge in [0.25, 0.3) is 11.8 Å². The Morgan fingerprint density at radius 2 is 1.73 bits per heavy atom. The second-order valence-corrected chi connectivity index (χ2v) is 16.3. The van der Waals surface area contributed by atoms with Gasteiger partial charge in [-0.25, -0.2) is 4.79 Å². The SMILES string of the molecule is C=CCOC(=O)O[C@H]1[C@H](O)[C@@H](COCc2ccccc2)O[C@@H](O[Si](C)(C)C(C)(C)C)[C@@H]1N1C(=O)C(C)=C(C)C1=O. The van der Waals surface area contributed by atoms with Crippen LogP contribution in [-0.4, -0.2) is 80.2 Å². The molecule has 0 aliphatic carbocycles. The molecule has 0 saturated carbocycles. The first-order chi connectivity index (χ1) is 18.7. The van der Waals surface area contributed by atoms with Crippen LogP contribution in [0.3, 0.4) is 0 Å². The number of aliphatic hydroxyl groups excluding tert-OH is 1. The van der Waals surface area contributed by atoms with Gasteiger partial charge >= 0.3 is 6.16 Å². The van der Waals surface area contributed by atoms with Crippen molar-refractivity contribution < 1.29 is 42.9 Å². The molecule has 1 aromatic rings. The van der Waals surface area contributed by atoms with Gasteiger partial charge in [0.2, 0.25) is 0 Å². The van der Waals surface area contributed by atoms with E-state index >= 15 is 0 Å². The summed E-state index contributed by atoms with van der Waals surface area (Å²) in [6, 6.07) is 8.20. The Morgan fingerprint density at radius 1 is 1.12 bits per heavy atom. The van der Waals surface area contributed by atoms with E-state index in [4.69, 9.17) is 23.4 Å². The molecule has 0 aromatic heterocycles. The Morgan fingerprint density at radius 3 is 2.27 bits per heavy atom. The molecule has 2 heterocycles. The molecule has 220 valence electrons. The van der Waals surface area contributed by atoms with Gasteiger partial charge in [0.05, 0.1) is 13.2 Å². The molecule has 2 aliphatic rings. The third-order valence-corrected chi connectivity index (χ3v) is 12.2. The van der Waals surface area contributed by atoms with E-state index in [2.05, 4.69) is 6.58 Å². The molecule has 0 spiro atoms. The molecule has 2 amide bonds. The largest absolute Gasteiger partial charge is 0.509 e. The number of hydrogen-bond acceptors (Lipinski definition) is 9. The predicted molar refractivity (Wildman–Crippen MR) is 149 cm³/mol. The lowest BCUT2D eigenvalue weighted by atomic mass is 9.95. The fourth-order valence-electron chi connectivity index (χ4n) is 4.20. The highest BCUT2D eigenvalue weighted by Gasteiger charge is 2.57. The number of imide groups is 1. The highest BCUT2D eigenvalue weighted by Crippen LogP contribution is 2.41. The van der Waals surface area contributed by atoms with Crippen LogP contribution in [0.5, 0.6) is 0 Å². The van der Waals surface area contributed by atoms with Crippen LogP contribution in [0.2, 0.25) is 18.1 Å². The fourth-order valence-corrected chi connectivity index (χ4v) is 5.33. The van der Waals surface area contributed by atoms with Crippen molar-refractivity contribution in [3.8, 4) is 0 Å². The van der Waals surface area contributed by atoms with Gasteiger partial charge in [-0.2, -0.15) is 0 Å². The quantitative estimate of drug-likeness (QED) is 0.190. The van der Waals surface area contributed by atoms with E-state index in [1.807, 2.05) is 64.2 Å². The summed E-state index contributed by atoms with van der Waals surface area (Å²) in [5, 5.41) is 11.2. The highest BCUT2D eigenvalue weighted by molar-refractivity contribution is 6.74. The molecular weight excluding hydrogens is 534 g/mol. The lowest BCUT2D eigenvalue weighted by molar-refractivity contribution is -0.266. The van der Waals surface area contributed by atoms with Crippen molar-refractivity contribution >= 4 is 26.3 Å². The topological polar surface area (TPSA) is 121 Å². The molecule has 1 aromatic carbocycles. The summed E-state index contributed by atoms with van der Waals surface area (Å²) in [6.07, 6.45) is -4.83. The van der Waals surface area contributed by atoms with Crippen LogP contribution in [0.1, 0.15) is 40.2 Å². The van der Waals surface area contributed by atoms with Gasteiger partial charge in [-0.05, 0) is 37.5 Å². The zero-order valence-corrected chi connectivity index (χ0v) is 25.3. The minimum atomic E-state index is -2.58. The van der Waals surface area contributed by atoms with Crippen LogP contribution in [0.4, 0.5) is 4.79 Å². The maximum atomic E-state index is 13.3. The molecule has 0 unspecified atom stereocenters. The van der Waals surface area contributed by atoms with Gasteiger partial charge < -0.3 is 28.5 Å². The van der Waals surface area contributed by atoms with Crippen molar-refractivity contribution in [2.24, 2.45) is 0 Å². The van der Waals surface area contributed by atoms with E-state index in [1.54, 1.807) is 13.8 Å².